The standard InChI is InChI=1S/C11H13IN2O2S/c12-9-4-8(6-17-9)11(16)14-3-1-2-7(5-14)10(13)15/h4,6-7H,1-3,5H2,(H2,13,15). The van der Waals surface area contributed by atoms with E-state index in [1.807, 2.05) is 11.4 Å². The predicted octanol–water partition coefficient (Wildman–Crippen LogP) is 1.69. The van der Waals surface area contributed by atoms with Crippen molar-refractivity contribution in [3.8, 4) is 0 Å². The second kappa shape index (κ2) is 5.34. The van der Waals surface area contributed by atoms with Crippen molar-refractivity contribution in [2.24, 2.45) is 11.7 Å². The van der Waals surface area contributed by atoms with Crippen molar-refractivity contribution in [3.63, 3.8) is 0 Å². The van der Waals surface area contributed by atoms with E-state index in [0.29, 0.717) is 12.1 Å². The highest BCUT2D eigenvalue weighted by Crippen LogP contribution is 2.22. The van der Waals surface area contributed by atoms with Crippen LogP contribution in [0.3, 0.4) is 0 Å². The third-order valence-electron chi connectivity index (χ3n) is 2.93. The molecule has 2 amide bonds. The van der Waals surface area contributed by atoms with Gasteiger partial charge in [-0.25, -0.2) is 0 Å². The predicted molar refractivity (Wildman–Crippen MR) is 74.9 cm³/mol. The second-order valence-electron chi connectivity index (χ2n) is 4.13. The number of hydrogen-bond acceptors (Lipinski definition) is 3. The van der Waals surface area contributed by atoms with Gasteiger partial charge < -0.3 is 10.6 Å². The van der Waals surface area contributed by atoms with Gasteiger partial charge in [0.25, 0.3) is 5.91 Å². The van der Waals surface area contributed by atoms with Gasteiger partial charge in [-0.1, -0.05) is 0 Å². The molecule has 1 fully saturated rings. The van der Waals surface area contributed by atoms with Gasteiger partial charge in [-0.2, -0.15) is 0 Å². The van der Waals surface area contributed by atoms with Gasteiger partial charge in [0.2, 0.25) is 5.91 Å². The van der Waals surface area contributed by atoms with E-state index in [-0.39, 0.29) is 17.7 Å². The number of nitrogens with two attached hydrogens (primary N) is 1. The van der Waals surface area contributed by atoms with E-state index >= 15 is 0 Å². The van der Waals surface area contributed by atoms with Gasteiger partial charge >= 0.3 is 0 Å². The summed E-state index contributed by atoms with van der Waals surface area (Å²) in [6.07, 6.45) is 1.64. The molecule has 1 aromatic heterocycles. The van der Waals surface area contributed by atoms with Crippen molar-refractivity contribution in [2.45, 2.75) is 12.8 Å². The van der Waals surface area contributed by atoms with Crippen molar-refractivity contribution < 1.29 is 9.59 Å². The van der Waals surface area contributed by atoms with Crippen molar-refractivity contribution in [2.75, 3.05) is 13.1 Å². The smallest absolute Gasteiger partial charge is 0.254 e. The van der Waals surface area contributed by atoms with Gasteiger partial charge in [-0.3, -0.25) is 9.59 Å². The molecular weight excluding hydrogens is 351 g/mol. The first-order chi connectivity index (χ1) is 8.08. The SMILES string of the molecule is NC(=O)C1CCCN(C(=O)c2csc(I)c2)C1. The van der Waals surface area contributed by atoms with E-state index in [4.69, 9.17) is 5.73 Å². The van der Waals surface area contributed by atoms with Crippen LogP contribution in [0.1, 0.15) is 23.2 Å². The zero-order chi connectivity index (χ0) is 12.4. The zero-order valence-electron chi connectivity index (χ0n) is 9.19. The van der Waals surface area contributed by atoms with E-state index in [0.717, 1.165) is 22.3 Å². The van der Waals surface area contributed by atoms with Crippen LogP contribution in [0.4, 0.5) is 0 Å². The lowest BCUT2D eigenvalue weighted by Gasteiger charge is -2.31. The number of piperidine rings is 1. The Labute approximate surface area is 117 Å². The number of carbonyl (C=O) groups excluding carboxylic acids is 2. The van der Waals surface area contributed by atoms with Crippen LogP contribution < -0.4 is 5.73 Å². The Morgan fingerprint density at radius 1 is 1.53 bits per heavy atom. The van der Waals surface area contributed by atoms with Gasteiger partial charge in [0, 0.05) is 18.5 Å². The maximum absolute atomic E-state index is 12.2. The third kappa shape index (κ3) is 2.98. The van der Waals surface area contributed by atoms with Crippen LogP contribution in [0.15, 0.2) is 11.4 Å². The van der Waals surface area contributed by atoms with Gasteiger partial charge in [0.05, 0.1) is 14.4 Å². The van der Waals surface area contributed by atoms with Crippen LogP contribution in [0, 0.1) is 8.80 Å². The molecule has 2 rings (SSSR count). The molecule has 1 unspecified atom stereocenters. The molecule has 0 radical (unpaired) electrons. The topological polar surface area (TPSA) is 63.4 Å². The molecule has 0 aliphatic carbocycles. The number of rotatable bonds is 2. The van der Waals surface area contributed by atoms with Crippen LogP contribution in [0.25, 0.3) is 0 Å². The maximum Gasteiger partial charge on any atom is 0.254 e. The minimum atomic E-state index is -0.303. The molecule has 1 aliphatic heterocycles. The molecule has 1 atom stereocenters. The molecular formula is C11H13IN2O2S. The average molecular weight is 364 g/mol. The summed E-state index contributed by atoms with van der Waals surface area (Å²) < 4.78 is 1.09. The zero-order valence-corrected chi connectivity index (χ0v) is 12.2. The quantitative estimate of drug-likeness (QED) is 0.812. The van der Waals surface area contributed by atoms with Gasteiger partial charge in [0.15, 0.2) is 0 Å². The summed E-state index contributed by atoms with van der Waals surface area (Å²) in [5.41, 5.74) is 6.01. The normalized spacial score (nSPS) is 20.3. The van der Waals surface area contributed by atoms with Crippen molar-refractivity contribution >= 4 is 45.7 Å². The van der Waals surface area contributed by atoms with E-state index < -0.39 is 0 Å². The molecule has 6 heteroatoms. The first-order valence-electron chi connectivity index (χ1n) is 5.40. The lowest BCUT2D eigenvalue weighted by atomic mass is 9.97. The molecule has 4 nitrogen and oxygen atoms in total. The maximum atomic E-state index is 12.2. The second-order valence-corrected chi connectivity index (χ2v) is 6.94. The summed E-state index contributed by atoms with van der Waals surface area (Å²) in [5, 5.41) is 1.86. The highest BCUT2D eigenvalue weighted by Gasteiger charge is 2.27. The van der Waals surface area contributed by atoms with Crippen molar-refractivity contribution in [1.29, 1.82) is 0 Å². The number of carbonyl (C=O) groups is 2. The highest BCUT2D eigenvalue weighted by molar-refractivity contribution is 14.1. The molecule has 0 aromatic carbocycles. The summed E-state index contributed by atoms with van der Waals surface area (Å²) in [6.45, 7) is 1.18. The average Bonchev–Trinajstić information content (AvgIpc) is 2.75. The Hall–Kier alpha value is -0.630. The Morgan fingerprint density at radius 2 is 2.29 bits per heavy atom. The highest BCUT2D eigenvalue weighted by atomic mass is 127. The molecule has 1 aromatic rings. The lowest BCUT2D eigenvalue weighted by molar-refractivity contribution is -0.123. The number of amides is 2. The molecule has 0 spiro atoms. The molecule has 17 heavy (non-hydrogen) atoms. The number of thiophene rings is 1. The lowest BCUT2D eigenvalue weighted by Crippen LogP contribution is -2.44. The molecule has 92 valence electrons. The number of likely N-dealkylation sites (tertiary alicyclic amines) is 1. The minimum absolute atomic E-state index is 0.00937. The first-order valence-corrected chi connectivity index (χ1v) is 7.36. The fourth-order valence-electron chi connectivity index (χ4n) is 2.00. The van der Waals surface area contributed by atoms with E-state index in [1.165, 1.54) is 0 Å². The van der Waals surface area contributed by atoms with Crippen LogP contribution in [0.2, 0.25) is 0 Å². The van der Waals surface area contributed by atoms with Crippen LogP contribution >= 0.6 is 33.9 Å². The van der Waals surface area contributed by atoms with Crippen molar-refractivity contribution in [3.05, 3.63) is 19.9 Å². The minimum Gasteiger partial charge on any atom is -0.369 e. The number of primary amides is 1. The van der Waals surface area contributed by atoms with E-state index in [9.17, 15) is 9.59 Å². The van der Waals surface area contributed by atoms with Gasteiger partial charge in [-0.05, 0) is 41.5 Å². The van der Waals surface area contributed by atoms with Crippen LogP contribution in [-0.2, 0) is 4.79 Å². The third-order valence-corrected chi connectivity index (χ3v) is 4.71. The molecule has 1 aliphatic rings. The number of hydrogen-bond donors (Lipinski definition) is 1. The first kappa shape index (κ1) is 12.8. The molecule has 2 heterocycles. The van der Waals surface area contributed by atoms with E-state index in [1.54, 1.807) is 16.2 Å². The monoisotopic (exact) mass is 364 g/mol. The molecule has 0 saturated carbocycles. The summed E-state index contributed by atoms with van der Waals surface area (Å²) in [7, 11) is 0. The van der Waals surface area contributed by atoms with E-state index in [2.05, 4.69) is 22.6 Å². The summed E-state index contributed by atoms with van der Waals surface area (Å²) >= 11 is 3.74. The van der Waals surface area contributed by atoms with Gasteiger partial charge in [-0.15, -0.1) is 11.3 Å². The summed E-state index contributed by atoms with van der Waals surface area (Å²) in [6, 6.07) is 1.88. The van der Waals surface area contributed by atoms with Crippen LogP contribution in [0.5, 0.6) is 0 Å². The number of halogens is 1. The fraction of sp³-hybridized carbons (Fsp3) is 0.455. The molecule has 0 bridgehead atoms. The van der Waals surface area contributed by atoms with Gasteiger partial charge in [0.1, 0.15) is 0 Å². The fourth-order valence-corrected chi connectivity index (χ4v) is 3.32. The number of nitrogens with zero attached hydrogens (tertiary/aromatic N) is 1. The Kier molecular flexibility index (Phi) is 4.03. The Bertz CT molecular complexity index is 446. The molecule has 1 saturated heterocycles. The Morgan fingerprint density at radius 3 is 2.88 bits per heavy atom. The summed E-state index contributed by atoms with van der Waals surface area (Å²) in [4.78, 5) is 25.0. The molecule has 2 N–H and O–H groups in total. The van der Waals surface area contributed by atoms with Crippen molar-refractivity contribution in [1.82, 2.24) is 4.90 Å². The van der Waals surface area contributed by atoms with Crippen LogP contribution in [-0.4, -0.2) is 29.8 Å². The largest absolute Gasteiger partial charge is 0.369 e. The Balaban J connectivity index is 2.07. The summed E-state index contributed by atoms with van der Waals surface area (Å²) in [5.74, 6) is -0.483.